The first-order valence-corrected chi connectivity index (χ1v) is 11.0. The number of nitrogens with one attached hydrogen (secondary N) is 1. The molecule has 0 radical (unpaired) electrons. The Morgan fingerprint density at radius 1 is 1.43 bits per heavy atom. The van der Waals surface area contributed by atoms with Gasteiger partial charge in [-0.25, -0.2) is 14.2 Å². The number of benzene rings is 1. The van der Waals surface area contributed by atoms with E-state index in [1.165, 1.54) is 30.6 Å². The summed E-state index contributed by atoms with van der Waals surface area (Å²) in [6, 6.07) is 3.70. The fraction of sp³-hybridized carbons (Fsp3) is 0.350. The summed E-state index contributed by atoms with van der Waals surface area (Å²) in [6.07, 6.45) is 1.70. The highest BCUT2D eigenvalue weighted by molar-refractivity contribution is 9.10. The minimum Gasteiger partial charge on any atom is -0.466 e. The molecule has 0 aliphatic carbocycles. The molecule has 0 spiro atoms. The van der Waals surface area contributed by atoms with Crippen molar-refractivity contribution in [2.45, 2.75) is 6.04 Å². The molecule has 0 unspecified atom stereocenters. The standard InChI is InChI=1S/C20H20BrFN4O3S/c1-28-20(27)16-15(11-26-5-7-29-8-6-26)24-18(19-23-4-9-30-19)25-17(16)13-3-2-12(22)10-14(13)21/h2-4,9-10,17H,5-8,11H2,1H3,(H,24,25)/t17-/m1/s1. The third kappa shape index (κ3) is 4.46. The molecule has 7 nitrogen and oxygen atoms in total. The van der Waals surface area contributed by atoms with E-state index < -0.39 is 12.0 Å². The highest BCUT2D eigenvalue weighted by Crippen LogP contribution is 2.36. The van der Waals surface area contributed by atoms with E-state index in [0.29, 0.717) is 51.9 Å². The molecular weight excluding hydrogens is 475 g/mol. The van der Waals surface area contributed by atoms with E-state index in [4.69, 9.17) is 14.5 Å². The molecule has 30 heavy (non-hydrogen) atoms. The van der Waals surface area contributed by atoms with Crippen LogP contribution in [-0.2, 0) is 14.3 Å². The molecule has 0 amide bonds. The number of rotatable bonds is 5. The number of carbonyl (C=O) groups is 1. The predicted octanol–water partition coefficient (Wildman–Crippen LogP) is 2.90. The lowest BCUT2D eigenvalue weighted by molar-refractivity contribution is -0.136. The zero-order valence-electron chi connectivity index (χ0n) is 16.2. The van der Waals surface area contributed by atoms with Crippen LogP contribution in [0.25, 0.3) is 0 Å². The first kappa shape index (κ1) is 21.1. The van der Waals surface area contributed by atoms with Gasteiger partial charge >= 0.3 is 5.97 Å². The molecule has 2 aromatic rings. The van der Waals surface area contributed by atoms with E-state index >= 15 is 0 Å². The lowest BCUT2D eigenvalue weighted by Crippen LogP contribution is -2.43. The zero-order valence-corrected chi connectivity index (χ0v) is 18.6. The van der Waals surface area contributed by atoms with Crippen molar-refractivity contribution in [3.05, 3.63) is 61.9 Å². The molecule has 1 aromatic heterocycles. The first-order valence-electron chi connectivity index (χ1n) is 9.38. The molecule has 4 rings (SSSR count). The van der Waals surface area contributed by atoms with E-state index in [1.807, 2.05) is 5.38 Å². The minimum atomic E-state index is -0.663. The summed E-state index contributed by atoms with van der Waals surface area (Å²) in [6.45, 7) is 3.30. The van der Waals surface area contributed by atoms with Crippen LogP contribution in [0.3, 0.4) is 0 Å². The zero-order chi connectivity index (χ0) is 21.1. The van der Waals surface area contributed by atoms with Gasteiger partial charge in [-0.1, -0.05) is 22.0 Å². The van der Waals surface area contributed by atoms with Gasteiger partial charge in [-0.05, 0) is 17.7 Å². The molecule has 1 N–H and O–H groups in total. The molecule has 1 saturated heterocycles. The number of ether oxygens (including phenoxy) is 2. The molecule has 1 aromatic carbocycles. The number of morpholine rings is 1. The summed E-state index contributed by atoms with van der Waals surface area (Å²) in [5, 5.41) is 5.88. The van der Waals surface area contributed by atoms with Gasteiger partial charge in [0.05, 0.1) is 25.9 Å². The van der Waals surface area contributed by atoms with Crippen molar-refractivity contribution in [2.75, 3.05) is 40.0 Å². The van der Waals surface area contributed by atoms with Crippen LogP contribution in [0.2, 0.25) is 0 Å². The second-order valence-electron chi connectivity index (χ2n) is 6.78. The Bertz CT molecular complexity index is 990. The van der Waals surface area contributed by atoms with Gasteiger partial charge in [-0.3, -0.25) is 9.89 Å². The molecule has 0 saturated carbocycles. The van der Waals surface area contributed by atoms with Crippen molar-refractivity contribution in [1.82, 2.24) is 15.2 Å². The molecule has 1 atom stereocenters. The van der Waals surface area contributed by atoms with Gasteiger partial charge in [-0.2, -0.15) is 0 Å². The Kier molecular flexibility index (Phi) is 6.57. The Labute approximate surface area is 185 Å². The molecule has 2 aliphatic rings. The molecule has 10 heteroatoms. The molecule has 158 valence electrons. The number of amidine groups is 1. The molecule has 1 fully saturated rings. The number of nitrogens with zero attached hydrogens (tertiary/aromatic N) is 3. The Hall–Kier alpha value is -2.14. The first-order chi connectivity index (χ1) is 14.6. The van der Waals surface area contributed by atoms with Crippen molar-refractivity contribution in [1.29, 1.82) is 0 Å². The number of esters is 1. The van der Waals surface area contributed by atoms with Crippen LogP contribution in [0.4, 0.5) is 4.39 Å². The normalized spacial score (nSPS) is 20.0. The second-order valence-corrected chi connectivity index (χ2v) is 8.53. The van der Waals surface area contributed by atoms with E-state index in [0.717, 1.165) is 13.1 Å². The summed E-state index contributed by atoms with van der Waals surface area (Å²) in [7, 11) is 1.35. The number of halogens is 2. The number of hydrogen-bond acceptors (Lipinski definition) is 8. The van der Waals surface area contributed by atoms with Gasteiger partial charge in [0.15, 0.2) is 10.8 Å². The fourth-order valence-corrected chi connectivity index (χ4v) is 4.61. The van der Waals surface area contributed by atoms with Gasteiger partial charge in [0.25, 0.3) is 0 Å². The molecule has 3 heterocycles. The lowest BCUT2D eigenvalue weighted by atomic mass is 9.95. The van der Waals surface area contributed by atoms with Gasteiger partial charge in [0.1, 0.15) is 11.9 Å². The summed E-state index contributed by atoms with van der Waals surface area (Å²) >= 11 is 4.87. The highest BCUT2D eigenvalue weighted by Gasteiger charge is 2.34. The quantitative estimate of drug-likeness (QED) is 0.644. The van der Waals surface area contributed by atoms with Crippen LogP contribution in [0.15, 0.2) is 50.5 Å². The van der Waals surface area contributed by atoms with Gasteiger partial charge in [0.2, 0.25) is 0 Å². The largest absolute Gasteiger partial charge is 0.466 e. The number of carbonyl (C=O) groups excluding carboxylic acids is 1. The average Bonchev–Trinajstić information content (AvgIpc) is 3.28. The summed E-state index contributed by atoms with van der Waals surface area (Å²) in [4.78, 5) is 24.2. The van der Waals surface area contributed by atoms with Crippen LogP contribution >= 0.6 is 27.3 Å². The Morgan fingerprint density at radius 2 is 2.23 bits per heavy atom. The second kappa shape index (κ2) is 9.34. The highest BCUT2D eigenvalue weighted by atomic mass is 79.9. The van der Waals surface area contributed by atoms with Crippen molar-refractivity contribution in [3.8, 4) is 0 Å². The summed E-state index contributed by atoms with van der Waals surface area (Å²) in [5.41, 5.74) is 1.77. The topological polar surface area (TPSA) is 76.0 Å². The van der Waals surface area contributed by atoms with Crippen LogP contribution in [0.1, 0.15) is 16.6 Å². The van der Waals surface area contributed by atoms with E-state index in [2.05, 4.69) is 31.1 Å². The number of aliphatic imine (C=N–C) groups is 1. The number of hydrogen-bond donors (Lipinski definition) is 1. The maximum absolute atomic E-state index is 13.7. The third-order valence-electron chi connectivity index (χ3n) is 4.91. The van der Waals surface area contributed by atoms with E-state index in [9.17, 15) is 9.18 Å². The van der Waals surface area contributed by atoms with E-state index in [1.54, 1.807) is 12.3 Å². The molecular formula is C20H20BrFN4O3S. The van der Waals surface area contributed by atoms with Gasteiger partial charge in [-0.15, -0.1) is 11.3 Å². The SMILES string of the molecule is COC(=O)C1=C(CN2CCOCC2)NC(c2nccs2)=N[C@@H]1c1ccc(F)cc1Br. The van der Waals surface area contributed by atoms with Crippen molar-refractivity contribution in [2.24, 2.45) is 4.99 Å². The van der Waals surface area contributed by atoms with Gasteiger partial charge in [0, 0.05) is 41.4 Å². The minimum absolute atomic E-state index is 0.374. The maximum Gasteiger partial charge on any atom is 0.338 e. The van der Waals surface area contributed by atoms with E-state index in [-0.39, 0.29) is 5.82 Å². The third-order valence-corrected chi connectivity index (χ3v) is 6.38. The van der Waals surface area contributed by atoms with Crippen LogP contribution in [0.5, 0.6) is 0 Å². The summed E-state index contributed by atoms with van der Waals surface area (Å²) in [5.74, 6) is -0.281. The van der Waals surface area contributed by atoms with Crippen molar-refractivity contribution in [3.63, 3.8) is 0 Å². The fourth-order valence-electron chi connectivity index (χ4n) is 3.45. The number of methoxy groups -OCH3 is 1. The Balaban J connectivity index is 1.81. The average molecular weight is 495 g/mol. The van der Waals surface area contributed by atoms with Crippen molar-refractivity contribution < 1.29 is 18.7 Å². The monoisotopic (exact) mass is 494 g/mol. The molecule has 2 aliphatic heterocycles. The lowest BCUT2D eigenvalue weighted by Gasteiger charge is -2.32. The van der Waals surface area contributed by atoms with Crippen LogP contribution in [-0.4, -0.2) is 61.6 Å². The smallest absolute Gasteiger partial charge is 0.338 e. The number of aromatic nitrogens is 1. The van der Waals surface area contributed by atoms with Crippen molar-refractivity contribution >= 4 is 39.1 Å². The van der Waals surface area contributed by atoms with Crippen LogP contribution < -0.4 is 5.32 Å². The Morgan fingerprint density at radius 3 is 2.90 bits per heavy atom. The maximum atomic E-state index is 13.7. The molecule has 0 bridgehead atoms. The van der Waals surface area contributed by atoms with Crippen LogP contribution in [0, 0.1) is 5.82 Å². The summed E-state index contributed by atoms with van der Waals surface area (Å²) < 4.78 is 24.8. The predicted molar refractivity (Wildman–Crippen MR) is 115 cm³/mol. The number of thiazole rings is 1. The van der Waals surface area contributed by atoms with Gasteiger partial charge < -0.3 is 14.8 Å².